The number of nitrogens with zero attached hydrogens (tertiary/aromatic N) is 1. The van der Waals surface area contributed by atoms with E-state index in [-0.39, 0.29) is 11.3 Å². The van der Waals surface area contributed by atoms with Crippen molar-refractivity contribution in [2.45, 2.75) is 6.92 Å². The number of benzene rings is 1. The highest BCUT2D eigenvalue weighted by Gasteiger charge is 2.38. The molecule has 3 rings (SSSR count). The normalized spacial score (nSPS) is 16.5. The van der Waals surface area contributed by atoms with Crippen LogP contribution < -0.4 is 15.0 Å². The maximum absolute atomic E-state index is 12.7. The van der Waals surface area contributed by atoms with Gasteiger partial charge in [-0.05, 0) is 37.3 Å². The predicted octanol–water partition coefficient (Wildman–Crippen LogP) is 2.34. The molecule has 0 radical (unpaired) electrons. The van der Waals surface area contributed by atoms with Gasteiger partial charge in [-0.15, -0.1) is 0 Å². The van der Waals surface area contributed by atoms with Gasteiger partial charge in [0.1, 0.15) is 17.1 Å². The average molecular weight is 326 g/mol. The zero-order valence-electron chi connectivity index (χ0n) is 12.8. The van der Waals surface area contributed by atoms with E-state index in [9.17, 15) is 14.4 Å². The number of anilines is 1. The van der Waals surface area contributed by atoms with E-state index in [1.54, 1.807) is 43.3 Å². The topological polar surface area (TPSA) is 88.8 Å². The molecule has 0 spiro atoms. The van der Waals surface area contributed by atoms with Gasteiger partial charge in [0.05, 0.1) is 18.6 Å². The van der Waals surface area contributed by atoms with Crippen molar-refractivity contribution in [3.8, 4) is 5.75 Å². The number of rotatable bonds is 4. The summed E-state index contributed by atoms with van der Waals surface area (Å²) in [5.41, 5.74) is 0.0653. The molecule has 2 heterocycles. The fraction of sp³-hybridized carbons (Fsp3) is 0.118. The molecule has 122 valence electrons. The van der Waals surface area contributed by atoms with Crippen LogP contribution in [0.15, 0.2) is 52.7 Å². The molecule has 2 aromatic rings. The Hall–Kier alpha value is -3.35. The van der Waals surface area contributed by atoms with Gasteiger partial charge in [0.25, 0.3) is 11.8 Å². The number of hydrogen-bond acceptors (Lipinski definition) is 5. The van der Waals surface area contributed by atoms with Crippen molar-refractivity contribution in [3.63, 3.8) is 0 Å². The number of amides is 4. The molecule has 7 heteroatoms. The number of imide groups is 2. The molecule has 24 heavy (non-hydrogen) atoms. The number of carbonyl (C=O) groups is 3. The van der Waals surface area contributed by atoms with E-state index >= 15 is 0 Å². The highest BCUT2D eigenvalue weighted by Crippen LogP contribution is 2.31. The van der Waals surface area contributed by atoms with Gasteiger partial charge in [0.2, 0.25) is 0 Å². The number of ether oxygens (including phenoxy) is 1. The molecular formula is C17H14N2O5. The molecule has 0 bridgehead atoms. The summed E-state index contributed by atoms with van der Waals surface area (Å²) in [6, 6.07) is 9.02. The lowest BCUT2D eigenvalue weighted by atomic mass is 10.1. The van der Waals surface area contributed by atoms with Gasteiger partial charge in [0, 0.05) is 0 Å². The van der Waals surface area contributed by atoms with Crippen LogP contribution in [0.5, 0.6) is 5.75 Å². The maximum Gasteiger partial charge on any atom is 0.336 e. The molecule has 0 atom stereocenters. The fourth-order valence-electron chi connectivity index (χ4n) is 2.31. The van der Waals surface area contributed by atoms with Crippen molar-refractivity contribution < 1.29 is 23.5 Å². The summed E-state index contributed by atoms with van der Waals surface area (Å²) in [4.78, 5) is 37.8. The SMILES string of the molecule is CCOc1ccccc1N1C(=O)NC(=O)C(=Cc2ccco2)C1=O. The van der Waals surface area contributed by atoms with Crippen molar-refractivity contribution in [1.29, 1.82) is 0 Å². The highest BCUT2D eigenvalue weighted by molar-refractivity contribution is 6.39. The summed E-state index contributed by atoms with van der Waals surface area (Å²) >= 11 is 0. The Morgan fingerprint density at radius 1 is 1.17 bits per heavy atom. The van der Waals surface area contributed by atoms with Gasteiger partial charge in [-0.25, -0.2) is 9.69 Å². The number of barbiturate groups is 1. The van der Waals surface area contributed by atoms with Crippen LogP contribution in [-0.2, 0) is 9.59 Å². The van der Waals surface area contributed by atoms with E-state index in [4.69, 9.17) is 9.15 Å². The number of hydrogen-bond donors (Lipinski definition) is 1. The minimum atomic E-state index is -0.825. The quantitative estimate of drug-likeness (QED) is 0.688. The molecule has 0 saturated carbocycles. The van der Waals surface area contributed by atoms with Crippen molar-refractivity contribution >= 4 is 29.6 Å². The maximum atomic E-state index is 12.7. The van der Waals surface area contributed by atoms with Crippen molar-refractivity contribution in [2.75, 3.05) is 11.5 Å². The Bertz CT molecular complexity index is 823. The van der Waals surface area contributed by atoms with E-state index in [1.165, 1.54) is 12.3 Å². The average Bonchev–Trinajstić information content (AvgIpc) is 3.06. The minimum absolute atomic E-state index is 0.198. The molecule has 7 nitrogen and oxygen atoms in total. The molecule has 1 aromatic heterocycles. The van der Waals surface area contributed by atoms with Crippen LogP contribution in [0.25, 0.3) is 6.08 Å². The molecule has 1 saturated heterocycles. The van der Waals surface area contributed by atoms with Gasteiger partial charge in [-0.1, -0.05) is 12.1 Å². The van der Waals surface area contributed by atoms with E-state index in [0.29, 0.717) is 18.1 Å². The minimum Gasteiger partial charge on any atom is -0.492 e. The third-order valence-electron chi connectivity index (χ3n) is 3.34. The largest absolute Gasteiger partial charge is 0.492 e. The summed E-state index contributed by atoms with van der Waals surface area (Å²) in [7, 11) is 0. The molecule has 1 fully saturated rings. The number of nitrogens with one attached hydrogen (secondary N) is 1. The van der Waals surface area contributed by atoms with Crippen LogP contribution in [0.2, 0.25) is 0 Å². The Morgan fingerprint density at radius 3 is 2.67 bits per heavy atom. The van der Waals surface area contributed by atoms with Crippen LogP contribution in [0, 0.1) is 0 Å². The van der Waals surface area contributed by atoms with E-state index in [0.717, 1.165) is 4.90 Å². The van der Waals surface area contributed by atoms with Crippen molar-refractivity contribution in [1.82, 2.24) is 5.32 Å². The lowest BCUT2D eigenvalue weighted by Crippen LogP contribution is -2.54. The van der Waals surface area contributed by atoms with Crippen LogP contribution >= 0.6 is 0 Å². The van der Waals surface area contributed by atoms with Crippen LogP contribution in [-0.4, -0.2) is 24.5 Å². The van der Waals surface area contributed by atoms with Crippen molar-refractivity contribution in [3.05, 3.63) is 54.0 Å². The monoisotopic (exact) mass is 326 g/mol. The summed E-state index contributed by atoms with van der Waals surface area (Å²) in [6.45, 7) is 2.16. The Labute approximate surface area is 137 Å². The standard InChI is InChI=1S/C17H14N2O5/c1-2-23-14-8-4-3-7-13(14)19-16(21)12(15(20)18-17(19)22)10-11-6-5-9-24-11/h3-10H,2H2,1H3,(H,18,20,22). The zero-order chi connectivity index (χ0) is 17.1. The first kappa shape index (κ1) is 15.5. The van der Waals surface area contributed by atoms with Gasteiger partial charge >= 0.3 is 6.03 Å². The summed E-state index contributed by atoms with van der Waals surface area (Å²) in [5, 5.41) is 2.15. The van der Waals surface area contributed by atoms with Gasteiger partial charge < -0.3 is 9.15 Å². The van der Waals surface area contributed by atoms with Crippen LogP contribution in [0.3, 0.4) is 0 Å². The third-order valence-corrected chi connectivity index (χ3v) is 3.34. The first-order valence-corrected chi connectivity index (χ1v) is 7.28. The highest BCUT2D eigenvalue weighted by atomic mass is 16.5. The summed E-state index contributed by atoms with van der Waals surface area (Å²) < 4.78 is 10.6. The van der Waals surface area contributed by atoms with E-state index < -0.39 is 17.8 Å². The van der Waals surface area contributed by atoms with E-state index in [2.05, 4.69) is 5.32 Å². The number of para-hydroxylation sites is 2. The van der Waals surface area contributed by atoms with E-state index in [1.807, 2.05) is 0 Å². The number of carbonyl (C=O) groups excluding carboxylic acids is 3. The number of furan rings is 1. The smallest absolute Gasteiger partial charge is 0.336 e. The molecule has 0 aliphatic carbocycles. The first-order valence-electron chi connectivity index (χ1n) is 7.28. The van der Waals surface area contributed by atoms with Gasteiger partial charge in [-0.3, -0.25) is 14.9 Å². The summed E-state index contributed by atoms with van der Waals surface area (Å²) in [5.74, 6) is -0.810. The van der Waals surface area contributed by atoms with Gasteiger partial charge in [0.15, 0.2) is 0 Å². The Morgan fingerprint density at radius 2 is 1.96 bits per heavy atom. The second-order valence-electron chi connectivity index (χ2n) is 4.87. The zero-order valence-corrected chi connectivity index (χ0v) is 12.8. The molecule has 4 amide bonds. The van der Waals surface area contributed by atoms with Crippen LogP contribution in [0.1, 0.15) is 12.7 Å². The predicted molar refractivity (Wildman–Crippen MR) is 85.3 cm³/mol. The second kappa shape index (κ2) is 6.41. The second-order valence-corrected chi connectivity index (χ2v) is 4.87. The lowest BCUT2D eigenvalue weighted by Gasteiger charge is -2.27. The molecule has 1 aromatic carbocycles. The van der Waals surface area contributed by atoms with Crippen molar-refractivity contribution in [2.24, 2.45) is 0 Å². The first-order chi connectivity index (χ1) is 11.6. The fourth-order valence-corrected chi connectivity index (χ4v) is 2.31. The molecular weight excluding hydrogens is 312 g/mol. The number of urea groups is 1. The lowest BCUT2D eigenvalue weighted by molar-refractivity contribution is -0.122. The molecule has 1 aliphatic rings. The Balaban J connectivity index is 2.03. The molecule has 1 N–H and O–H groups in total. The van der Waals surface area contributed by atoms with Gasteiger partial charge in [-0.2, -0.15) is 0 Å². The molecule has 1 aliphatic heterocycles. The van der Waals surface area contributed by atoms with Crippen LogP contribution in [0.4, 0.5) is 10.5 Å². The summed E-state index contributed by atoms with van der Waals surface area (Å²) in [6.07, 6.45) is 2.71. The Kier molecular flexibility index (Phi) is 4.15. The molecule has 0 unspecified atom stereocenters. The third kappa shape index (κ3) is 2.79.